The highest BCUT2D eigenvalue weighted by molar-refractivity contribution is 5.90. The van der Waals surface area contributed by atoms with E-state index in [1.807, 2.05) is 0 Å². The number of nitrogens with zero attached hydrogens (tertiary/aromatic N) is 3. The van der Waals surface area contributed by atoms with Crippen molar-refractivity contribution in [3.63, 3.8) is 0 Å². The second-order valence-electron chi connectivity index (χ2n) is 8.46. The highest BCUT2D eigenvalue weighted by atomic mass is 19.4. The smallest absolute Gasteiger partial charge is 0.361 e. The molecule has 3 heterocycles. The van der Waals surface area contributed by atoms with Gasteiger partial charge in [0.15, 0.2) is 11.4 Å². The molecule has 0 amide bonds. The van der Waals surface area contributed by atoms with Crippen LogP contribution in [0.15, 0.2) is 40.1 Å². The first-order valence-corrected chi connectivity index (χ1v) is 10.6. The third-order valence-electron chi connectivity index (χ3n) is 6.32. The third kappa shape index (κ3) is 4.07. The number of hydrogen-bond acceptors (Lipinski definition) is 5. The summed E-state index contributed by atoms with van der Waals surface area (Å²) in [5, 5.41) is 9.18. The van der Waals surface area contributed by atoms with Crippen molar-refractivity contribution in [1.29, 1.82) is 0 Å². The Hall–Kier alpha value is -3.35. The van der Waals surface area contributed by atoms with Crippen molar-refractivity contribution in [2.24, 2.45) is 7.05 Å². The van der Waals surface area contributed by atoms with Gasteiger partial charge in [0, 0.05) is 36.8 Å². The highest BCUT2D eigenvalue weighted by Crippen LogP contribution is 2.41. The predicted octanol–water partition coefficient (Wildman–Crippen LogP) is 3.60. The molecule has 1 aliphatic rings. The Bertz CT molecular complexity index is 1390. The fourth-order valence-corrected chi connectivity index (χ4v) is 4.38. The lowest BCUT2D eigenvalue weighted by Gasteiger charge is -2.33. The van der Waals surface area contributed by atoms with Crippen molar-refractivity contribution in [3.8, 4) is 0 Å². The average molecular weight is 501 g/mol. The maximum absolute atomic E-state index is 14.7. The molecule has 2 atom stereocenters. The van der Waals surface area contributed by atoms with Gasteiger partial charge in [-0.2, -0.15) is 18.3 Å². The van der Waals surface area contributed by atoms with Crippen molar-refractivity contribution in [3.05, 3.63) is 68.1 Å². The number of pyridine rings is 1. The van der Waals surface area contributed by atoms with Crippen molar-refractivity contribution >= 4 is 16.6 Å². The van der Waals surface area contributed by atoms with E-state index in [0.717, 1.165) is 23.0 Å². The van der Waals surface area contributed by atoms with Crippen LogP contribution in [0.2, 0.25) is 0 Å². The van der Waals surface area contributed by atoms with E-state index >= 15 is 0 Å². The van der Waals surface area contributed by atoms with Gasteiger partial charge in [-0.25, -0.2) is 17.9 Å². The van der Waals surface area contributed by atoms with E-state index in [-0.39, 0.29) is 28.7 Å². The zero-order valence-electron chi connectivity index (χ0n) is 18.6. The summed E-state index contributed by atoms with van der Waals surface area (Å²) in [4.78, 5) is 25.4. The summed E-state index contributed by atoms with van der Waals surface area (Å²) in [6, 6.07) is 3.33. The molecule has 35 heavy (non-hydrogen) atoms. The van der Waals surface area contributed by atoms with Crippen LogP contribution in [0.5, 0.6) is 0 Å². The van der Waals surface area contributed by atoms with Gasteiger partial charge in [-0.3, -0.25) is 14.2 Å². The number of fused-ring (bicyclic) bond motifs is 1. The van der Waals surface area contributed by atoms with E-state index in [4.69, 9.17) is 0 Å². The van der Waals surface area contributed by atoms with E-state index in [1.165, 1.54) is 26.1 Å². The van der Waals surface area contributed by atoms with Crippen LogP contribution in [-0.4, -0.2) is 33.6 Å². The molecule has 0 aliphatic carbocycles. The van der Waals surface area contributed by atoms with Crippen molar-refractivity contribution in [1.82, 2.24) is 19.7 Å². The van der Waals surface area contributed by atoms with Crippen LogP contribution in [0.4, 0.5) is 32.2 Å². The summed E-state index contributed by atoms with van der Waals surface area (Å²) in [7, 11) is 1.28. The standard InChI is InChI=1S/C22H21F6N5O2/c1-11(12-4-3-5-13(17(12)23)18(24)25)30-19-15-9-33(21(22(26,27)28)6-7-29-10-21)16(34)8-14(15)20(35)32(2)31-19/h3-5,8-9,11,18,29H,6-7,10H2,1-2H3,(H,30,31)/t11?,21-/m0/s1. The molecule has 1 unspecified atom stereocenters. The van der Waals surface area contributed by atoms with Gasteiger partial charge in [-0.15, -0.1) is 0 Å². The Balaban J connectivity index is 1.89. The van der Waals surface area contributed by atoms with E-state index in [0.29, 0.717) is 4.57 Å². The Morgan fingerprint density at radius 2 is 1.86 bits per heavy atom. The second kappa shape index (κ2) is 8.70. The van der Waals surface area contributed by atoms with Gasteiger partial charge in [-0.1, -0.05) is 18.2 Å². The Morgan fingerprint density at radius 3 is 2.46 bits per heavy atom. The van der Waals surface area contributed by atoms with E-state index in [9.17, 15) is 35.9 Å². The quantitative estimate of drug-likeness (QED) is 0.523. The third-order valence-corrected chi connectivity index (χ3v) is 6.32. The SMILES string of the molecule is CC(Nc1nn(C)c(=O)c2cc(=O)n([C@@]3(C(F)(F)F)CCNC3)cc12)c1cccc(C(F)F)c1F. The maximum atomic E-state index is 14.7. The monoisotopic (exact) mass is 501 g/mol. The number of benzene rings is 1. The lowest BCUT2D eigenvalue weighted by Crippen LogP contribution is -2.53. The molecule has 0 radical (unpaired) electrons. The van der Waals surface area contributed by atoms with Gasteiger partial charge >= 0.3 is 6.18 Å². The first kappa shape index (κ1) is 24.8. The predicted molar refractivity (Wildman–Crippen MR) is 116 cm³/mol. The minimum atomic E-state index is -4.78. The van der Waals surface area contributed by atoms with Crippen molar-refractivity contribution < 1.29 is 26.3 Å². The Kier molecular flexibility index (Phi) is 6.16. The number of alkyl halides is 5. The molecular formula is C22H21F6N5O2. The average Bonchev–Trinajstić information content (AvgIpc) is 3.28. The molecule has 1 aliphatic heterocycles. The molecule has 2 aromatic heterocycles. The summed E-state index contributed by atoms with van der Waals surface area (Å²) in [6.45, 7) is 0.937. The lowest BCUT2D eigenvalue weighted by atomic mass is 9.96. The number of anilines is 1. The number of hydrogen-bond donors (Lipinski definition) is 2. The van der Waals surface area contributed by atoms with Crippen LogP contribution in [0.25, 0.3) is 10.8 Å². The van der Waals surface area contributed by atoms with Gasteiger partial charge in [0.05, 0.1) is 17.0 Å². The number of halogens is 6. The van der Waals surface area contributed by atoms with Crippen LogP contribution >= 0.6 is 0 Å². The first-order chi connectivity index (χ1) is 16.4. The molecule has 188 valence electrons. The van der Waals surface area contributed by atoms with Gasteiger partial charge in [-0.05, 0) is 19.9 Å². The molecule has 2 N–H and O–H groups in total. The summed E-state index contributed by atoms with van der Waals surface area (Å²) in [6.07, 6.45) is -7.30. The Labute approximate surface area is 194 Å². The van der Waals surface area contributed by atoms with Gasteiger partial charge in [0.2, 0.25) is 0 Å². The molecule has 0 bridgehead atoms. The normalized spacial score (nSPS) is 19.5. The number of aryl methyl sites for hydroxylation is 1. The van der Waals surface area contributed by atoms with Crippen LogP contribution in [0.1, 0.15) is 36.9 Å². The zero-order valence-corrected chi connectivity index (χ0v) is 18.6. The Morgan fingerprint density at radius 1 is 1.17 bits per heavy atom. The summed E-state index contributed by atoms with van der Waals surface area (Å²) in [5.74, 6) is -1.25. The minimum Gasteiger partial charge on any atom is -0.361 e. The molecule has 1 aromatic carbocycles. The van der Waals surface area contributed by atoms with Crippen LogP contribution in [-0.2, 0) is 12.6 Å². The fraction of sp³-hybridized carbons (Fsp3) is 0.409. The summed E-state index contributed by atoms with van der Waals surface area (Å²) >= 11 is 0. The maximum Gasteiger partial charge on any atom is 0.413 e. The fourth-order valence-electron chi connectivity index (χ4n) is 4.38. The molecule has 0 spiro atoms. The van der Waals surface area contributed by atoms with Crippen molar-refractivity contribution in [2.45, 2.75) is 37.5 Å². The minimum absolute atomic E-state index is 0.0285. The molecule has 13 heteroatoms. The number of nitrogens with one attached hydrogen (secondary N) is 2. The number of aromatic nitrogens is 3. The summed E-state index contributed by atoms with van der Waals surface area (Å²) in [5.41, 5.74) is -5.20. The van der Waals surface area contributed by atoms with Crippen molar-refractivity contribution in [2.75, 3.05) is 18.4 Å². The largest absolute Gasteiger partial charge is 0.413 e. The number of rotatable bonds is 5. The van der Waals surface area contributed by atoms with Crippen LogP contribution in [0.3, 0.4) is 0 Å². The molecule has 1 fully saturated rings. The van der Waals surface area contributed by atoms with E-state index in [1.54, 1.807) is 0 Å². The second-order valence-corrected chi connectivity index (χ2v) is 8.46. The van der Waals surface area contributed by atoms with Gasteiger partial charge in [0.1, 0.15) is 5.82 Å². The van der Waals surface area contributed by atoms with Gasteiger partial charge in [0.25, 0.3) is 17.5 Å². The highest BCUT2D eigenvalue weighted by Gasteiger charge is 2.58. The topological polar surface area (TPSA) is 81.0 Å². The van der Waals surface area contributed by atoms with E-state index < -0.39 is 59.6 Å². The van der Waals surface area contributed by atoms with Crippen LogP contribution in [0, 0.1) is 5.82 Å². The lowest BCUT2D eigenvalue weighted by molar-refractivity contribution is -0.209. The summed E-state index contributed by atoms with van der Waals surface area (Å²) < 4.78 is 84.7. The molecule has 1 saturated heterocycles. The first-order valence-electron chi connectivity index (χ1n) is 10.6. The van der Waals surface area contributed by atoms with E-state index in [2.05, 4.69) is 15.7 Å². The molecule has 7 nitrogen and oxygen atoms in total. The van der Waals surface area contributed by atoms with Gasteiger partial charge < -0.3 is 10.6 Å². The van der Waals surface area contributed by atoms with Crippen LogP contribution < -0.4 is 21.8 Å². The molecular weight excluding hydrogens is 480 g/mol. The molecule has 4 rings (SSSR count). The molecule has 0 saturated carbocycles. The zero-order chi connectivity index (χ0) is 25.7. The molecule has 3 aromatic rings.